The van der Waals surface area contributed by atoms with Crippen LogP contribution < -0.4 is 5.73 Å². The minimum Gasteiger partial charge on any atom is -0.465 e. The number of unbranched alkanes of at least 4 members (excludes halogenated alkanes) is 1. The normalized spacial score (nSPS) is 13.7. The first kappa shape index (κ1) is 18.1. The van der Waals surface area contributed by atoms with Crippen molar-refractivity contribution < 1.29 is 9.53 Å². The molecular weight excluding hydrogens is 282 g/mol. The van der Waals surface area contributed by atoms with Crippen molar-refractivity contribution in [3.63, 3.8) is 0 Å². The van der Waals surface area contributed by atoms with E-state index in [0.29, 0.717) is 13.0 Å². The maximum Gasteiger partial charge on any atom is 0.325 e. The van der Waals surface area contributed by atoms with Crippen molar-refractivity contribution in [2.45, 2.75) is 51.3 Å². The number of esters is 1. The highest BCUT2D eigenvalue weighted by Crippen LogP contribution is 2.19. The maximum atomic E-state index is 11.7. The molecule has 0 spiro atoms. The zero-order valence-corrected chi connectivity index (χ0v) is 14.2. The summed E-state index contributed by atoms with van der Waals surface area (Å²) >= 11 is 1.93. The van der Waals surface area contributed by atoms with E-state index in [1.807, 2.05) is 11.8 Å². The van der Waals surface area contributed by atoms with Gasteiger partial charge in [-0.25, -0.2) is 0 Å². The molecule has 1 aromatic rings. The quantitative estimate of drug-likeness (QED) is 0.558. The maximum absolute atomic E-state index is 11.7. The van der Waals surface area contributed by atoms with Gasteiger partial charge >= 0.3 is 5.97 Å². The van der Waals surface area contributed by atoms with Crippen molar-refractivity contribution in [3.05, 3.63) is 35.4 Å². The SMILES string of the molecule is CCOC(=O)C(C)(N)CCCCSCc1ccccc1C. The van der Waals surface area contributed by atoms with Crippen molar-refractivity contribution >= 4 is 17.7 Å². The third-order valence-corrected chi connectivity index (χ3v) is 4.59. The predicted octanol–water partition coefficient (Wildman–Crippen LogP) is 3.68. The average Bonchev–Trinajstić information content (AvgIpc) is 2.44. The van der Waals surface area contributed by atoms with E-state index < -0.39 is 5.54 Å². The number of aryl methyl sites for hydroxylation is 1. The van der Waals surface area contributed by atoms with Crippen molar-refractivity contribution in [1.29, 1.82) is 0 Å². The second-order valence-corrected chi connectivity index (χ2v) is 6.68. The first-order valence-electron chi connectivity index (χ1n) is 7.55. The van der Waals surface area contributed by atoms with E-state index in [2.05, 4.69) is 31.2 Å². The van der Waals surface area contributed by atoms with E-state index in [9.17, 15) is 4.79 Å². The molecule has 0 aliphatic rings. The van der Waals surface area contributed by atoms with Crippen LogP contribution >= 0.6 is 11.8 Å². The first-order valence-corrected chi connectivity index (χ1v) is 8.71. The fourth-order valence-electron chi connectivity index (χ4n) is 2.05. The topological polar surface area (TPSA) is 52.3 Å². The molecule has 1 aromatic carbocycles. The number of rotatable bonds is 9. The molecule has 3 nitrogen and oxygen atoms in total. The number of carbonyl (C=O) groups is 1. The average molecular weight is 309 g/mol. The molecule has 1 atom stereocenters. The van der Waals surface area contributed by atoms with E-state index in [-0.39, 0.29) is 5.97 Å². The highest BCUT2D eigenvalue weighted by atomic mass is 32.2. The Morgan fingerprint density at radius 3 is 2.71 bits per heavy atom. The molecule has 0 amide bonds. The lowest BCUT2D eigenvalue weighted by atomic mass is 9.96. The summed E-state index contributed by atoms with van der Waals surface area (Å²) in [4.78, 5) is 11.7. The molecule has 2 N–H and O–H groups in total. The molecule has 21 heavy (non-hydrogen) atoms. The van der Waals surface area contributed by atoms with Gasteiger partial charge < -0.3 is 10.5 Å². The zero-order chi connectivity index (χ0) is 15.7. The molecule has 1 rings (SSSR count). The van der Waals surface area contributed by atoms with Gasteiger partial charge in [0, 0.05) is 5.75 Å². The fraction of sp³-hybridized carbons (Fsp3) is 0.588. The summed E-state index contributed by atoms with van der Waals surface area (Å²) in [6.07, 6.45) is 2.70. The Kier molecular flexibility index (Phi) is 7.83. The molecule has 0 radical (unpaired) electrons. The van der Waals surface area contributed by atoms with Gasteiger partial charge in [0.1, 0.15) is 5.54 Å². The van der Waals surface area contributed by atoms with Gasteiger partial charge in [0.25, 0.3) is 0 Å². The largest absolute Gasteiger partial charge is 0.465 e. The van der Waals surface area contributed by atoms with Crippen LogP contribution in [0.5, 0.6) is 0 Å². The summed E-state index contributed by atoms with van der Waals surface area (Å²) in [7, 11) is 0. The summed E-state index contributed by atoms with van der Waals surface area (Å²) in [5.41, 5.74) is 7.89. The molecule has 0 fully saturated rings. The second kappa shape index (κ2) is 9.11. The monoisotopic (exact) mass is 309 g/mol. The predicted molar refractivity (Wildman–Crippen MR) is 90.4 cm³/mol. The Morgan fingerprint density at radius 1 is 1.33 bits per heavy atom. The van der Waals surface area contributed by atoms with Crippen LogP contribution in [0.4, 0.5) is 0 Å². The van der Waals surface area contributed by atoms with Crippen LogP contribution in [0, 0.1) is 6.92 Å². The van der Waals surface area contributed by atoms with E-state index in [1.165, 1.54) is 11.1 Å². The van der Waals surface area contributed by atoms with Gasteiger partial charge in [-0.2, -0.15) is 11.8 Å². The van der Waals surface area contributed by atoms with Crippen LogP contribution in [0.3, 0.4) is 0 Å². The number of nitrogens with two attached hydrogens (primary N) is 1. The first-order chi connectivity index (χ1) is 9.97. The van der Waals surface area contributed by atoms with Gasteiger partial charge in [0.2, 0.25) is 0 Å². The number of ether oxygens (including phenoxy) is 1. The van der Waals surface area contributed by atoms with Gasteiger partial charge in [-0.15, -0.1) is 0 Å². The molecule has 0 aliphatic carbocycles. The van der Waals surface area contributed by atoms with E-state index in [1.54, 1.807) is 13.8 Å². The van der Waals surface area contributed by atoms with E-state index in [4.69, 9.17) is 10.5 Å². The summed E-state index contributed by atoms with van der Waals surface area (Å²) in [6, 6.07) is 8.48. The third-order valence-electron chi connectivity index (χ3n) is 3.50. The van der Waals surface area contributed by atoms with Crippen molar-refractivity contribution in [1.82, 2.24) is 0 Å². The Balaban J connectivity index is 2.17. The molecule has 0 heterocycles. The standard InChI is InChI=1S/C17H27NO2S/c1-4-20-16(19)17(3,18)11-7-8-12-21-13-15-10-6-5-9-14(15)2/h5-6,9-10H,4,7-8,11-13,18H2,1-3H3. The van der Waals surface area contributed by atoms with Crippen LogP contribution in [0.1, 0.15) is 44.2 Å². The molecule has 0 bridgehead atoms. The molecule has 0 saturated heterocycles. The molecule has 0 aliphatic heterocycles. The number of thioether (sulfide) groups is 1. The van der Waals surface area contributed by atoms with Gasteiger partial charge in [-0.1, -0.05) is 30.7 Å². The number of carbonyl (C=O) groups excluding carboxylic acids is 1. The molecule has 0 aromatic heterocycles. The minimum atomic E-state index is -0.851. The second-order valence-electron chi connectivity index (χ2n) is 5.57. The number of benzene rings is 1. The van der Waals surface area contributed by atoms with E-state index in [0.717, 1.165) is 24.3 Å². The van der Waals surface area contributed by atoms with Crippen molar-refractivity contribution in [2.24, 2.45) is 5.73 Å². The van der Waals surface area contributed by atoms with Gasteiger partial charge in [0.05, 0.1) is 6.61 Å². The molecule has 0 saturated carbocycles. The van der Waals surface area contributed by atoms with Gasteiger partial charge in [-0.3, -0.25) is 4.79 Å². The van der Waals surface area contributed by atoms with Crippen LogP contribution in [0.2, 0.25) is 0 Å². The lowest BCUT2D eigenvalue weighted by molar-refractivity contribution is -0.149. The van der Waals surface area contributed by atoms with Crippen LogP contribution in [0.25, 0.3) is 0 Å². The Morgan fingerprint density at radius 2 is 2.05 bits per heavy atom. The summed E-state index contributed by atoms with van der Waals surface area (Å²) in [5.74, 6) is 1.84. The Labute approximate surface area is 132 Å². The zero-order valence-electron chi connectivity index (χ0n) is 13.4. The van der Waals surface area contributed by atoms with Crippen LogP contribution in [-0.2, 0) is 15.3 Å². The lowest BCUT2D eigenvalue weighted by Gasteiger charge is -2.21. The van der Waals surface area contributed by atoms with Crippen LogP contribution in [-0.4, -0.2) is 23.9 Å². The summed E-state index contributed by atoms with van der Waals surface area (Å²) in [5, 5.41) is 0. The van der Waals surface area contributed by atoms with Crippen LogP contribution in [0.15, 0.2) is 24.3 Å². The molecule has 118 valence electrons. The van der Waals surface area contributed by atoms with Crippen molar-refractivity contribution in [3.8, 4) is 0 Å². The Hall–Kier alpha value is -1.00. The minimum absolute atomic E-state index is 0.294. The molecule has 4 heteroatoms. The highest BCUT2D eigenvalue weighted by molar-refractivity contribution is 7.98. The third kappa shape index (κ3) is 6.53. The Bertz CT molecular complexity index is 446. The number of hydrogen-bond acceptors (Lipinski definition) is 4. The van der Waals surface area contributed by atoms with E-state index >= 15 is 0 Å². The van der Waals surface area contributed by atoms with Gasteiger partial charge in [0.15, 0.2) is 0 Å². The fourth-order valence-corrected chi connectivity index (χ4v) is 3.14. The smallest absolute Gasteiger partial charge is 0.325 e. The molecule has 1 unspecified atom stereocenters. The summed E-state index contributed by atoms with van der Waals surface area (Å²) in [6.45, 7) is 6.09. The van der Waals surface area contributed by atoms with Gasteiger partial charge in [-0.05, 0) is 50.5 Å². The van der Waals surface area contributed by atoms with Crippen molar-refractivity contribution in [2.75, 3.05) is 12.4 Å². The lowest BCUT2D eigenvalue weighted by Crippen LogP contribution is -2.46. The number of hydrogen-bond donors (Lipinski definition) is 1. The highest BCUT2D eigenvalue weighted by Gasteiger charge is 2.28. The molecular formula is C17H27NO2S. The summed E-state index contributed by atoms with van der Waals surface area (Å²) < 4.78 is 4.99.